The Morgan fingerprint density at radius 3 is 1.96 bits per heavy atom. The normalized spacial score (nSPS) is 14.2. The van der Waals surface area contributed by atoms with Crippen LogP contribution in [0.2, 0.25) is 0 Å². The van der Waals surface area contributed by atoms with Crippen molar-refractivity contribution >= 4 is 11.9 Å². The highest BCUT2D eigenvalue weighted by Gasteiger charge is 2.63. The van der Waals surface area contributed by atoms with Gasteiger partial charge in [-0.25, -0.2) is 4.79 Å². The first-order chi connectivity index (χ1) is 11.4. The Morgan fingerprint density at radius 1 is 1.12 bits per heavy atom. The number of nitrogens with zero attached hydrogens (tertiary/aromatic N) is 1. The molecule has 1 amide bonds. The van der Waals surface area contributed by atoms with Crippen LogP contribution in [0, 0.1) is 11.3 Å². The number of benzene rings is 1. The first kappa shape index (κ1) is 20.3. The summed E-state index contributed by atoms with van der Waals surface area (Å²) in [5.41, 5.74) is -5.68. The number of carbonyl (C=O) groups is 2. The smallest absolute Gasteiger partial charge is 0.416 e. The first-order valence-electron chi connectivity index (χ1n) is 6.85. The molecule has 0 aliphatic heterocycles. The molecule has 25 heavy (non-hydrogen) atoms. The minimum absolute atomic E-state index is 0.356. The highest BCUT2D eigenvalue weighted by atomic mass is 19.4. The van der Waals surface area contributed by atoms with Gasteiger partial charge in [-0.2, -0.15) is 27.2 Å². The summed E-state index contributed by atoms with van der Waals surface area (Å²) in [7, 11) is 0. The Labute approximate surface area is 139 Å². The maximum atomic E-state index is 14.8. The molecule has 5 nitrogen and oxygen atoms in total. The second kappa shape index (κ2) is 7.04. The quantitative estimate of drug-likeness (QED) is 0.644. The van der Waals surface area contributed by atoms with Crippen molar-refractivity contribution < 1.29 is 36.3 Å². The molecule has 0 radical (unpaired) electrons. The summed E-state index contributed by atoms with van der Waals surface area (Å²) in [6.07, 6.45) is -4.75. The average Bonchev–Trinajstić information content (AvgIpc) is 2.51. The lowest BCUT2D eigenvalue weighted by molar-refractivity contribution is -0.169. The van der Waals surface area contributed by atoms with Gasteiger partial charge in [0.1, 0.15) is 6.07 Å². The molecule has 0 heterocycles. The van der Waals surface area contributed by atoms with Gasteiger partial charge < -0.3 is 10.1 Å². The van der Waals surface area contributed by atoms with Crippen molar-refractivity contribution in [2.45, 2.75) is 31.5 Å². The van der Waals surface area contributed by atoms with Gasteiger partial charge in [0.15, 0.2) is 0 Å². The van der Waals surface area contributed by atoms with Gasteiger partial charge in [0, 0.05) is 12.5 Å². The van der Waals surface area contributed by atoms with Gasteiger partial charge in [-0.05, 0) is 19.1 Å². The highest BCUT2D eigenvalue weighted by molar-refractivity contribution is 5.91. The molecule has 1 N–H and O–H groups in total. The van der Waals surface area contributed by atoms with Crippen molar-refractivity contribution in [2.75, 3.05) is 6.61 Å². The van der Waals surface area contributed by atoms with E-state index in [1.807, 2.05) is 0 Å². The van der Waals surface area contributed by atoms with Crippen molar-refractivity contribution in [2.24, 2.45) is 0 Å². The van der Waals surface area contributed by atoms with Gasteiger partial charge in [-0.15, -0.1) is 0 Å². The molecule has 10 heteroatoms. The summed E-state index contributed by atoms with van der Waals surface area (Å²) >= 11 is 0. The molecule has 0 aromatic heterocycles. The molecule has 0 saturated carbocycles. The van der Waals surface area contributed by atoms with E-state index in [1.165, 1.54) is 6.92 Å². The minimum atomic E-state index is -4.75. The van der Waals surface area contributed by atoms with Gasteiger partial charge in [0.25, 0.3) is 5.54 Å². The van der Waals surface area contributed by atoms with Crippen LogP contribution < -0.4 is 5.32 Å². The topological polar surface area (TPSA) is 79.2 Å². The fourth-order valence-electron chi connectivity index (χ4n) is 1.99. The number of hydrogen-bond acceptors (Lipinski definition) is 4. The fraction of sp³-hybridized carbons (Fsp3) is 0.400. The lowest BCUT2D eigenvalue weighted by Crippen LogP contribution is -2.63. The molecule has 1 aromatic carbocycles. The Hall–Kier alpha value is -2.70. The van der Waals surface area contributed by atoms with Crippen molar-refractivity contribution in [3.63, 3.8) is 0 Å². The zero-order valence-electron chi connectivity index (χ0n) is 13.1. The van der Waals surface area contributed by atoms with Crippen LogP contribution in [0.4, 0.5) is 22.0 Å². The van der Waals surface area contributed by atoms with Gasteiger partial charge in [-0.1, -0.05) is 12.1 Å². The van der Waals surface area contributed by atoms with Gasteiger partial charge in [0.05, 0.1) is 12.2 Å². The third-order valence-corrected chi connectivity index (χ3v) is 3.16. The van der Waals surface area contributed by atoms with Crippen molar-refractivity contribution in [3.8, 4) is 6.07 Å². The number of alkyl halides is 5. The van der Waals surface area contributed by atoms with E-state index < -0.39 is 40.6 Å². The molecule has 0 spiro atoms. The van der Waals surface area contributed by atoms with E-state index in [0.717, 1.165) is 13.0 Å². The summed E-state index contributed by atoms with van der Waals surface area (Å²) in [5, 5.41) is 10.7. The molecule has 0 saturated heterocycles. The standard InChI is InChI=1S/C15H13F5N2O3/c1-3-25-12(24)13(8-21,22-9(2)23)14(16,17)10-4-6-11(7-5-10)15(18,19)20/h4-7H,3H2,1-2H3,(H,22,23). The van der Waals surface area contributed by atoms with Crippen LogP contribution in [0.1, 0.15) is 25.0 Å². The lowest BCUT2D eigenvalue weighted by Gasteiger charge is -2.33. The van der Waals surface area contributed by atoms with E-state index >= 15 is 0 Å². The molecule has 0 aliphatic rings. The molecule has 1 unspecified atom stereocenters. The van der Waals surface area contributed by atoms with Crippen molar-refractivity contribution in [1.29, 1.82) is 5.26 Å². The van der Waals surface area contributed by atoms with Crippen LogP contribution in [0.15, 0.2) is 24.3 Å². The van der Waals surface area contributed by atoms with Gasteiger partial charge in [0.2, 0.25) is 5.91 Å². The van der Waals surface area contributed by atoms with E-state index in [1.54, 1.807) is 5.32 Å². The number of halogens is 5. The van der Waals surface area contributed by atoms with Crippen LogP contribution in [0.5, 0.6) is 0 Å². The minimum Gasteiger partial charge on any atom is -0.463 e. The van der Waals surface area contributed by atoms with Crippen molar-refractivity contribution in [3.05, 3.63) is 35.4 Å². The number of ether oxygens (including phenoxy) is 1. The molecule has 0 aliphatic carbocycles. The predicted molar refractivity (Wildman–Crippen MR) is 74.1 cm³/mol. The second-order valence-corrected chi connectivity index (χ2v) is 4.91. The highest BCUT2D eigenvalue weighted by Crippen LogP contribution is 2.41. The summed E-state index contributed by atoms with van der Waals surface area (Å²) in [6, 6.07) is 2.65. The number of amides is 1. The molecule has 1 aromatic rings. The van der Waals surface area contributed by atoms with E-state index in [2.05, 4.69) is 4.74 Å². The van der Waals surface area contributed by atoms with Crippen LogP contribution in [-0.4, -0.2) is 24.0 Å². The summed E-state index contributed by atoms with van der Waals surface area (Å²) in [6.45, 7) is 1.74. The van der Waals surface area contributed by atoms with Crippen LogP contribution >= 0.6 is 0 Å². The van der Waals surface area contributed by atoms with Crippen LogP contribution in [-0.2, 0) is 26.4 Å². The van der Waals surface area contributed by atoms with E-state index in [0.29, 0.717) is 24.3 Å². The van der Waals surface area contributed by atoms with E-state index in [4.69, 9.17) is 0 Å². The second-order valence-electron chi connectivity index (χ2n) is 4.91. The predicted octanol–water partition coefficient (Wildman–Crippen LogP) is 2.76. The zero-order chi connectivity index (χ0) is 19.5. The fourth-order valence-corrected chi connectivity index (χ4v) is 1.99. The Morgan fingerprint density at radius 2 is 1.60 bits per heavy atom. The van der Waals surface area contributed by atoms with Gasteiger partial charge >= 0.3 is 18.1 Å². The molecule has 1 atom stereocenters. The molecular formula is C15H13F5N2O3. The molecule has 136 valence electrons. The van der Waals surface area contributed by atoms with Crippen LogP contribution in [0.3, 0.4) is 0 Å². The number of nitriles is 1. The Kier molecular flexibility index (Phi) is 5.73. The molecule has 0 bridgehead atoms. The number of hydrogen-bond donors (Lipinski definition) is 1. The third kappa shape index (κ3) is 3.87. The van der Waals surface area contributed by atoms with Crippen molar-refractivity contribution in [1.82, 2.24) is 5.32 Å². The third-order valence-electron chi connectivity index (χ3n) is 3.16. The first-order valence-corrected chi connectivity index (χ1v) is 6.85. The van der Waals surface area contributed by atoms with Crippen LogP contribution in [0.25, 0.3) is 0 Å². The monoisotopic (exact) mass is 364 g/mol. The average molecular weight is 364 g/mol. The van der Waals surface area contributed by atoms with Gasteiger partial charge in [-0.3, -0.25) is 4.79 Å². The molecular weight excluding hydrogens is 351 g/mol. The number of esters is 1. The maximum Gasteiger partial charge on any atom is 0.416 e. The number of rotatable bonds is 5. The van der Waals surface area contributed by atoms with E-state index in [-0.39, 0.29) is 6.61 Å². The zero-order valence-corrected chi connectivity index (χ0v) is 13.1. The summed E-state index contributed by atoms with van der Waals surface area (Å²) in [5.74, 6) is -7.21. The Balaban J connectivity index is 3.48. The maximum absolute atomic E-state index is 14.8. The number of carbonyl (C=O) groups excluding carboxylic acids is 2. The van der Waals surface area contributed by atoms with E-state index in [9.17, 15) is 36.8 Å². The SMILES string of the molecule is CCOC(=O)C(C#N)(NC(C)=O)C(F)(F)c1ccc(C(F)(F)F)cc1. The lowest BCUT2D eigenvalue weighted by atomic mass is 9.87. The summed E-state index contributed by atoms with van der Waals surface area (Å²) in [4.78, 5) is 23.2. The Bertz CT molecular complexity index is 695. The molecule has 1 rings (SSSR count). The number of nitrogens with one attached hydrogen (secondary N) is 1. The largest absolute Gasteiger partial charge is 0.463 e. The summed E-state index contributed by atoms with van der Waals surface area (Å²) < 4.78 is 71.7. The molecule has 0 fully saturated rings.